The maximum absolute atomic E-state index is 11.8. The number of rotatable bonds is 5. The number of carboxylic acid groups (broad SMARTS) is 1. The summed E-state index contributed by atoms with van der Waals surface area (Å²) in [5.74, 6) is -1.34. The van der Waals surface area contributed by atoms with Crippen molar-refractivity contribution in [3.63, 3.8) is 0 Å². The molecule has 7 nitrogen and oxygen atoms in total. The molecule has 2 amide bonds. The maximum atomic E-state index is 11.8. The maximum Gasteiger partial charge on any atom is 0.416 e. The van der Waals surface area contributed by atoms with E-state index >= 15 is 0 Å². The normalized spacial score (nSPS) is 14.4. The topological polar surface area (TPSA) is 93.1 Å². The summed E-state index contributed by atoms with van der Waals surface area (Å²) in [6.45, 7) is 3.83. The zero-order valence-electron chi connectivity index (χ0n) is 11.6. The smallest absolute Gasteiger partial charge is 0.416 e. The fourth-order valence-corrected chi connectivity index (χ4v) is 2.71. The fourth-order valence-electron chi connectivity index (χ4n) is 1.77. The molecule has 0 spiro atoms. The van der Waals surface area contributed by atoms with E-state index in [2.05, 4.69) is 4.74 Å². The van der Waals surface area contributed by atoms with E-state index in [4.69, 9.17) is 9.84 Å². The minimum absolute atomic E-state index is 0.0514. The largest absolute Gasteiger partial charge is 0.482 e. The Bertz CT molecular complexity index is 579. The van der Waals surface area contributed by atoms with Crippen molar-refractivity contribution in [1.29, 1.82) is 0 Å². The third-order valence-corrected chi connectivity index (χ3v) is 4.30. The highest BCUT2D eigenvalue weighted by Gasteiger charge is 2.29. The third-order valence-electron chi connectivity index (χ3n) is 2.89. The second-order valence-corrected chi connectivity index (χ2v) is 5.83. The number of hydrogen-bond acceptors (Lipinski definition) is 6. The van der Waals surface area contributed by atoms with Crippen LogP contribution >= 0.6 is 11.3 Å². The molecular formula is C13H15NO6S. The van der Waals surface area contributed by atoms with Crippen LogP contribution in [0.4, 0.5) is 4.79 Å². The van der Waals surface area contributed by atoms with Gasteiger partial charge in [0.25, 0.3) is 5.91 Å². The van der Waals surface area contributed by atoms with E-state index in [-0.39, 0.29) is 29.7 Å². The average molecular weight is 313 g/mol. The Labute approximate surface area is 125 Å². The van der Waals surface area contributed by atoms with Crippen molar-refractivity contribution in [1.82, 2.24) is 4.90 Å². The second-order valence-electron chi connectivity index (χ2n) is 4.75. The van der Waals surface area contributed by atoms with Crippen LogP contribution in [0.25, 0.3) is 0 Å². The van der Waals surface area contributed by atoms with Crippen LogP contribution in [0.3, 0.4) is 0 Å². The summed E-state index contributed by atoms with van der Waals surface area (Å²) in [5.41, 5.74) is 0. The third kappa shape index (κ3) is 3.33. The lowest BCUT2D eigenvalue weighted by Crippen LogP contribution is -2.35. The lowest BCUT2D eigenvalue weighted by Gasteiger charge is -2.11. The Balaban J connectivity index is 2.07. The van der Waals surface area contributed by atoms with Gasteiger partial charge in [-0.3, -0.25) is 4.79 Å². The summed E-state index contributed by atoms with van der Waals surface area (Å²) in [6.07, 6.45) is -0.699. The molecule has 1 aromatic heterocycles. The summed E-state index contributed by atoms with van der Waals surface area (Å²) >= 11 is 1.12. The first kappa shape index (κ1) is 15.3. The summed E-state index contributed by atoms with van der Waals surface area (Å²) in [7, 11) is 0. The van der Waals surface area contributed by atoms with Crippen molar-refractivity contribution >= 4 is 29.3 Å². The highest BCUT2D eigenvalue weighted by molar-refractivity contribution is 7.14. The summed E-state index contributed by atoms with van der Waals surface area (Å²) < 4.78 is 9.94. The second kappa shape index (κ2) is 6.13. The average Bonchev–Trinajstić information content (AvgIpc) is 3.02. The Morgan fingerprint density at radius 2 is 2.24 bits per heavy atom. The number of amides is 2. The molecule has 0 aromatic carbocycles. The van der Waals surface area contributed by atoms with Gasteiger partial charge in [-0.25, -0.2) is 14.5 Å². The van der Waals surface area contributed by atoms with Crippen LogP contribution in [-0.4, -0.2) is 47.7 Å². The van der Waals surface area contributed by atoms with E-state index < -0.39 is 24.6 Å². The van der Waals surface area contributed by atoms with E-state index in [1.165, 1.54) is 0 Å². The summed E-state index contributed by atoms with van der Waals surface area (Å²) in [4.78, 5) is 36.1. The van der Waals surface area contributed by atoms with Gasteiger partial charge in [-0.2, -0.15) is 0 Å². The van der Waals surface area contributed by atoms with Gasteiger partial charge in [-0.15, -0.1) is 11.3 Å². The van der Waals surface area contributed by atoms with Gasteiger partial charge in [0, 0.05) is 4.88 Å². The van der Waals surface area contributed by atoms with Gasteiger partial charge in [0.2, 0.25) is 0 Å². The quantitative estimate of drug-likeness (QED) is 0.892. The van der Waals surface area contributed by atoms with E-state index in [1.54, 1.807) is 6.07 Å². The molecule has 1 N–H and O–H groups in total. The number of carbonyl (C=O) groups excluding carboxylic acids is 2. The van der Waals surface area contributed by atoms with Gasteiger partial charge in [0.1, 0.15) is 12.4 Å². The molecule has 8 heteroatoms. The van der Waals surface area contributed by atoms with Crippen LogP contribution < -0.4 is 4.74 Å². The molecule has 2 rings (SSSR count). The minimum Gasteiger partial charge on any atom is -0.482 e. The molecule has 0 unspecified atom stereocenters. The molecule has 0 bridgehead atoms. The lowest BCUT2D eigenvalue weighted by molar-refractivity contribution is -0.129. The van der Waals surface area contributed by atoms with Crippen molar-refractivity contribution in [3.05, 3.63) is 15.8 Å². The molecule has 0 radical (unpaired) electrons. The number of hydrogen-bond donors (Lipinski definition) is 1. The summed E-state index contributed by atoms with van der Waals surface area (Å²) in [6, 6.07) is 1.62. The van der Waals surface area contributed by atoms with Gasteiger partial charge >= 0.3 is 12.1 Å². The lowest BCUT2D eigenvalue weighted by atomic mass is 10.2. The predicted molar refractivity (Wildman–Crippen MR) is 73.9 cm³/mol. The number of aromatic carboxylic acids is 1. The first-order valence-electron chi connectivity index (χ1n) is 6.37. The van der Waals surface area contributed by atoms with E-state index in [0.717, 1.165) is 21.1 Å². The molecule has 21 heavy (non-hydrogen) atoms. The van der Waals surface area contributed by atoms with Gasteiger partial charge in [-0.05, 0) is 12.0 Å². The van der Waals surface area contributed by atoms with E-state index in [1.807, 2.05) is 13.8 Å². The minimum atomic E-state index is -1.10. The molecule has 2 heterocycles. The molecule has 0 atom stereocenters. The van der Waals surface area contributed by atoms with Crippen molar-refractivity contribution in [3.8, 4) is 5.75 Å². The fraction of sp³-hybridized carbons (Fsp3) is 0.462. The number of carbonyl (C=O) groups is 3. The number of nitrogens with zero attached hydrogens (tertiary/aromatic N) is 1. The highest BCUT2D eigenvalue weighted by Crippen LogP contribution is 2.33. The molecule has 0 saturated carbocycles. The van der Waals surface area contributed by atoms with Crippen LogP contribution in [0, 0.1) is 0 Å². The first-order valence-corrected chi connectivity index (χ1v) is 7.18. The SMILES string of the molecule is CC(C)c1cc(OCC(=O)N2CCOC2=O)c(C(=O)O)s1. The van der Waals surface area contributed by atoms with Gasteiger partial charge in [0.05, 0.1) is 6.54 Å². The molecule has 1 aliphatic heterocycles. The van der Waals surface area contributed by atoms with Crippen molar-refractivity contribution in [2.45, 2.75) is 19.8 Å². The number of imide groups is 1. The van der Waals surface area contributed by atoms with Gasteiger partial charge in [-0.1, -0.05) is 13.8 Å². The van der Waals surface area contributed by atoms with Crippen LogP contribution in [0.5, 0.6) is 5.75 Å². The molecule has 1 fully saturated rings. The zero-order valence-corrected chi connectivity index (χ0v) is 12.4. The standard InChI is InChI=1S/C13H15NO6S/c1-7(2)9-5-8(11(21-9)12(16)17)20-6-10(15)14-3-4-19-13(14)18/h5,7H,3-4,6H2,1-2H3,(H,16,17). The molecule has 114 valence electrons. The van der Waals surface area contributed by atoms with Crippen LogP contribution in [0.1, 0.15) is 34.3 Å². The van der Waals surface area contributed by atoms with E-state index in [0.29, 0.717) is 0 Å². The Morgan fingerprint density at radius 3 is 2.76 bits per heavy atom. The Kier molecular flexibility index (Phi) is 4.46. The monoisotopic (exact) mass is 313 g/mol. The van der Waals surface area contributed by atoms with Crippen LogP contribution in [0.2, 0.25) is 0 Å². The van der Waals surface area contributed by atoms with Gasteiger partial charge in [0.15, 0.2) is 11.5 Å². The van der Waals surface area contributed by atoms with Crippen molar-refractivity contribution < 1.29 is 29.0 Å². The first-order chi connectivity index (χ1) is 9.90. The predicted octanol–water partition coefficient (Wildman–Crippen LogP) is 1.93. The zero-order chi connectivity index (χ0) is 15.6. The van der Waals surface area contributed by atoms with Crippen LogP contribution in [0.15, 0.2) is 6.07 Å². The van der Waals surface area contributed by atoms with Gasteiger partial charge < -0.3 is 14.6 Å². The Morgan fingerprint density at radius 1 is 1.52 bits per heavy atom. The molecule has 1 aromatic rings. The van der Waals surface area contributed by atoms with Crippen molar-refractivity contribution in [2.24, 2.45) is 0 Å². The molecule has 1 aliphatic rings. The van der Waals surface area contributed by atoms with Crippen molar-refractivity contribution in [2.75, 3.05) is 19.8 Å². The van der Waals surface area contributed by atoms with Crippen LogP contribution in [-0.2, 0) is 9.53 Å². The number of thiophene rings is 1. The number of cyclic esters (lactones) is 1. The number of carboxylic acids is 1. The number of ether oxygens (including phenoxy) is 2. The Hall–Kier alpha value is -2.09. The summed E-state index contributed by atoms with van der Waals surface area (Å²) in [5, 5.41) is 9.14. The molecule has 1 saturated heterocycles. The van der Waals surface area contributed by atoms with E-state index in [9.17, 15) is 14.4 Å². The molecular weight excluding hydrogens is 298 g/mol. The highest BCUT2D eigenvalue weighted by atomic mass is 32.1. The molecule has 0 aliphatic carbocycles.